The predicted octanol–water partition coefficient (Wildman–Crippen LogP) is 6.79. The highest BCUT2D eigenvalue weighted by Gasteiger charge is 2.32. The lowest BCUT2D eigenvalue weighted by Gasteiger charge is -2.22. The summed E-state index contributed by atoms with van der Waals surface area (Å²) in [4.78, 5) is 4.45. The third-order valence-electron chi connectivity index (χ3n) is 6.85. The molecule has 0 saturated heterocycles. The number of benzene rings is 3. The molecular formula is C29H24Cl2FN7O. The molecule has 6 rings (SSSR count). The lowest BCUT2D eigenvalue weighted by molar-refractivity contribution is 0.260. The Morgan fingerprint density at radius 2 is 1.95 bits per heavy atom. The van der Waals surface area contributed by atoms with Crippen LogP contribution >= 0.6 is 23.2 Å². The first-order valence-electron chi connectivity index (χ1n) is 12.6. The maximum absolute atomic E-state index is 13.8. The molecule has 0 spiro atoms. The van der Waals surface area contributed by atoms with Gasteiger partial charge < -0.3 is 20.8 Å². The van der Waals surface area contributed by atoms with Gasteiger partial charge in [0.25, 0.3) is 0 Å². The zero-order chi connectivity index (χ0) is 27.8. The van der Waals surface area contributed by atoms with Crippen LogP contribution in [0.2, 0.25) is 10.0 Å². The SMILES string of the molecule is COc1c(Cl)cccc1Nc1c(C#N)cnc2c(Cl)cc(NC(C3=CN(C4CC4)NN3)c3ccc(F)cc3)cc12. The molecule has 1 aromatic heterocycles. The van der Waals surface area contributed by atoms with E-state index in [0.717, 1.165) is 24.1 Å². The van der Waals surface area contributed by atoms with Crippen molar-refractivity contribution in [2.75, 3.05) is 17.7 Å². The fourth-order valence-electron chi connectivity index (χ4n) is 4.71. The number of methoxy groups -OCH3 is 1. The Bertz CT molecular complexity index is 1670. The summed E-state index contributed by atoms with van der Waals surface area (Å²) >= 11 is 13.1. The summed E-state index contributed by atoms with van der Waals surface area (Å²) in [7, 11) is 1.53. The number of para-hydroxylation sites is 1. The molecule has 3 aromatic carbocycles. The molecule has 2 heterocycles. The van der Waals surface area contributed by atoms with Gasteiger partial charge in [0.15, 0.2) is 5.75 Å². The van der Waals surface area contributed by atoms with Crippen LogP contribution in [-0.2, 0) is 0 Å². The Balaban J connectivity index is 1.43. The Labute approximate surface area is 240 Å². The van der Waals surface area contributed by atoms with E-state index in [1.165, 1.54) is 25.4 Å². The minimum absolute atomic E-state index is 0.315. The van der Waals surface area contributed by atoms with Gasteiger partial charge >= 0.3 is 0 Å². The summed E-state index contributed by atoms with van der Waals surface area (Å²) in [5, 5.41) is 20.3. The van der Waals surface area contributed by atoms with Gasteiger partial charge in [-0.05, 0) is 54.8 Å². The standard InChI is InChI=1S/C29H24Cl2FN7O/c1-40-29-22(30)3-2-4-24(29)36-26-17(13-33)14-34-28-21(26)11-19(12-23(28)31)35-27(16-5-7-18(32)8-6-16)25-15-39(38-37-25)20-9-10-20/h2-8,11-12,14-15,20,27,35,37-38H,9-10H2,1H3,(H,34,36). The molecule has 11 heteroatoms. The van der Waals surface area contributed by atoms with Gasteiger partial charge in [0.1, 0.15) is 11.9 Å². The molecule has 1 unspecified atom stereocenters. The first kappa shape index (κ1) is 26.0. The number of fused-ring (bicyclic) bond motifs is 1. The van der Waals surface area contributed by atoms with Crippen molar-refractivity contribution in [2.45, 2.75) is 24.9 Å². The van der Waals surface area contributed by atoms with Gasteiger partial charge in [0.2, 0.25) is 0 Å². The van der Waals surface area contributed by atoms with E-state index in [0.29, 0.717) is 55.4 Å². The number of halogens is 3. The zero-order valence-corrected chi connectivity index (χ0v) is 22.8. The van der Waals surface area contributed by atoms with Crippen LogP contribution in [0, 0.1) is 17.1 Å². The van der Waals surface area contributed by atoms with Crippen molar-refractivity contribution in [2.24, 2.45) is 0 Å². The highest BCUT2D eigenvalue weighted by molar-refractivity contribution is 6.36. The summed E-state index contributed by atoms with van der Waals surface area (Å²) in [6, 6.07) is 17.6. The number of aromatic nitrogens is 1. The van der Waals surface area contributed by atoms with Crippen LogP contribution in [0.1, 0.15) is 30.0 Å². The third kappa shape index (κ3) is 5.05. The van der Waals surface area contributed by atoms with Gasteiger partial charge in [-0.2, -0.15) is 5.26 Å². The van der Waals surface area contributed by atoms with Crippen LogP contribution in [0.3, 0.4) is 0 Å². The third-order valence-corrected chi connectivity index (χ3v) is 7.43. The molecule has 1 saturated carbocycles. The van der Waals surface area contributed by atoms with E-state index in [4.69, 9.17) is 27.9 Å². The van der Waals surface area contributed by atoms with Crippen molar-refractivity contribution < 1.29 is 9.13 Å². The second kappa shape index (κ2) is 10.7. The molecule has 1 aliphatic heterocycles. The fraction of sp³-hybridized carbons (Fsp3) is 0.172. The van der Waals surface area contributed by atoms with Gasteiger partial charge in [-0.25, -0.2) is 4.39 Å². The van der Waals surface area contributed by atoms with Crippen molar-refractivity contribution in [1.82, 2.24) is 21.0 Å². The van der Waals surface area contributed by atoms with Gasteiger partial charge in [0, 0.05) is 29.5 Å². The van der Waals surface area contributed by atoms with Crippen LogP contribution < -0.4 is 26.3 Å². The molecule has 1 fully saturated rings. The lowest BCUT2D eigenvalue weighted by atomic mass is 10.0. The van der Waals surface area contributed by atoms with E-state index in [1.807, 2.05) is 23.3 Å². The quantitative estimate of drug-likeness (QED) is 0.182. The van der Waals surface area contributed by atoms with E-state index in [2.05, 4.69) is 32.6 Å². The number of nitriles is 1. The number of pyridine rings is 1. The summed E-state index contributed by atoms with van der Waals surface area (Å²) in [6.45, 7) is 0. The van der Waals surface area contributed by atoms with Crippen molar-refractivity contribution in [3.63, 3.8) is 0 Å². The highest BCUT2D eigenvalue weighted by Crippen LogP contribution is 2.40. The number of hydrogen-bond donors (Lipinski definition) is 4. The topological polar surface area (TPSA) is 97.3 Å². The number of ether oxygens (including phenoxy) is 1. The van der Waals surface area contributed by atoms with Gasteiger partial charge in [-0.3, -0.25) is 9.99 Å². The summed E-state index contributed by atoms with van der Waals surface area (Å²) in [5.74, 6) is 0.131. The second-order valence-electron chi connectivity index (χ2n) is 9.55. The molecule has 1 atom stereocenters. The monoisotopic (exact) mass is 575 g/mol. The smallest absolute Gasteiger partial charge is 0.160 e. The molecule has 8 nitrogen and oxygen atoms in total. The predicted molar refractivity (Wildman–Crippen MR) is 155 cm³/mol. The molecule has 40 heavy (non-hydrogen) atoms. The van der Waals surface area contributed by atoms with Crippen LogP contribution in [0.15, 0.2) is 72.7 Å². The first-order chi connectivity index (χ1) is 19.4. The number of hydrogen-bond acceptors (Lipinski definition) is 8. The van der Waals surface area contributed by atoms with Crippen LogP contribution in [0.5, 0.6) is 5.75 Å². The number of rotatable bonds is 8. The Morgan fingerprint density at radius 1 is 1.15 bits per heavy atom. The van der Waals surface area contributed by atoms with Gasteiger partial charge in [0.05, 0.1) is 51.3 Å². The maximum Gasteiger partial charge on any atom is 0.160 e. The van der Waals surface area contributed by atoms with Gasteiger partial charge in [-0.15, -0.1) is 5.53 Å². The first-order valence-corrected chi connectivity index (χ1v) is 13.4. The van der Waals surface area contributed by atoms with E-state index in [9.17, 15) is 9.65 Å². The van der Waals surface area contributed by atoms with E-state index >= 15 is 0 Å². The minimum atomic E-state index is -0.359. The zero-order valence-electron chi connectivity index (χ0n) is 21.3. The lowest BCUT2D eigenvalue weighted by Crippen LogP contribution is -2.38. The minimum Gasteiger partial charge on any atom is -0.493 e. The molecule has 4 N–H and O–H groups in total. The Hall–Kier alpha value is -4.23. The Morgan fingerprint density at radius 3 is 2.67 bits per heavy atom. The number of anilines is 3. The van der Waals surface area contributed by atoms with E-state index in [1.54, 1.807) is 30.3 Å². The molecular weight excluding hydrogens is 552 g/mol. The normalized spacial score (nSPS) is 15.3. The average Bonchev–Trinajstić information content (AvgIpc) is 3.69. The van der Waals surface area contributed by atoms with Crippen LogP contribution in [0.25, 0.3) is 10.9 Å². The van der Waals surface area contributed by atoms with Crippen molar-refractivity contribution in [3.8, 4) is 11.8 Å². The molecule has 2 aliphatic rings. The fourth-order valence-corrected chi connectivity index (χ4v) is 5.23. The molecule has 4 aromatic rings. The summed E-state index contributed by atoms with van der Waals surface area (Å²) in [5.41, 5.74) is 10.8. The molecule has 0 bridgehead atoms. The molecule has 0 radical (unpaired) electrons. The summed E-state index contributed by atoms with van der Waals surface area (Å²) in [6.07, 6.45) is 5.74. The number of nitrogens with one attached hydrogen (secondary N) is 4. The average molecular weight is 576 g/mol. The molecule has 202 valence electrons. The van der Waals surface area contributed by atoms with Crippen LogP contribution in [0.4, 0.5) is 21.5 Å². The van der Waals surface area contributed by atoms with Crippen molar-refractivity contribution in [1.29, 1.82) is 5.26 Å². The van der Waals surface area contributed by atoms with Crippen molar-refractivity contribution >= 4 is 51.2 Å². The largest absolute Gasteiger partial charge is 0.493 e. The number of hydrazine groups is 2. The van der Waals surface area contributed by atoms with Crippen molar-refractivity contribution in [3.05, 3.63) is 99.7 Å². The molecule has 0 amide bonds. The molecule has 1 aliphatic carbocycles. The van der Waals surface area contributed by atoms with E-state index in [-0.39, 0.29) is 11.9 Å². The number of nitrogens with zero attached hydrogens (tertiary/aromatic N) is 3. The van der Waals surface area contributed by atoms with Crippen LogP contribution in [-0.4, -0.2) is 23.1 Å². The van der Waals surface area contributed by atoms with E-state index < -0.39 is 0 Å². The second-order valence-corrected chi connectivity index (χ2v) is 10.4. The summed E-state index contributed by atoms with van der Waals surface area (Å²) < 4.78 is 19.3. The van der Waals surface area contributed by atoms with Gasteiger partial charge in [-0.1, -0.05) is 41.4 Å². The Kier molecular flexibility index (Phi) is 6.98. The maximum atomic E-state index is 13.8. The highest BCUT2D eigenvalue weighted by atomic mass is 35.5.